The van der Waals surface area contributed by atoms with Crippen LogP contribution in [0.5, 0.6) is 0 Å². The summed E-state index contributed by atoms with van der Waals surface area (Å²) in [7, 11) is 0. The first kappa shape index (κ1) is 27.6. The van der Waals surface area contributed by atoms with Crippen LogP contribution in [0, 0.1) is 11.8 Å². The summed E-state index contributed by atoms with van der Waals surface area (Å²) >= 11 is 0. The zero-order chi connectivity index (χ0) is 28.1. The highest BCUT2D eigenvalue weighted by Crippen LogP contribution is 2.45. The third-order valence-electron chi connectivity index (χ3n) is 8.07. The fourth-order valence-electron chi connectivity index (χ4n) is 6.08. The van der Waals surface area contributed by atoms with Crippen molar-refractivity contribution in [2.24, 2.45) is 16.8 Å². The van der Waals surface area contributed by atoms with Crippen LogP contribution in [0.15, 0.2) is 28.4 Å². The molecule has 3 aliphatic heterocycles. The molecule has 1 aromatic rings. The smallest absolute Gasteiger partial charge is 0.384 e. The number of Topliss-reactive ketones (excluding diaryl/α,β-unsaturated/α-hetero) is 1. The van der Waals surface area contributed by atoms with E-state index in [4.69, 9.17) is 0 Å². The van der Waals surface area contributed by atoms with Gasteiger partial charge in [-0.1, -0.05) is 0 Å². The molecule has 0 unspecified atom stereocenters. The second-order valence-corrected chi connectivity index (χ2v) is 10.5. The van der Waals surface area contributed by atoms with Crippen molar-refractivity contribution < 1.29 is 41.0 Å². The quantitative estimate of drug-likeness (QED) is 0.562. The second kappa shape index (κ2) is 10.2. The number of halogens is 6. The normalized spacial score (nSPS) is 25.2. The van der Waals surface area contributed by atoms with E-state index in [1.54, 1.807) is 4.90 Å². The van der Waals surface area contributed by atoms with Crippen LogP contribution in [0.3, 0.4) is 0 Å². The van der Waals surface area contributed by atoms with Gasteiger partial charge < -0.3 is 14.9 Å². The lowest BCUT2D eigenvalue weighted by molar-refractivity contribution is -0.190. The monoisotopic (exact) mass is 558 g/mol. The summed E-state index contributed by atoms with van der Waals surface area (Å²) in [5.41, 5.74) is -1.11. The number of rotatable bonds is 3. The number of anilines is 1. The molecule has 4 heterocycles. The molecule has 2 atom stereocenters. The summed E-state index contributed by atoms with van der Waals surface area (Å²) < 4.78 is 82.7. The Labute approximate surface area is 220 Å². The fraction of sp³-hybridized carbons (Fsp3) is 0.615. The first-order valence-electron chi connectivity index (χ1n) is 13.0. The number of aliphatic hydroxyl groups excluding tert-OH is 1. The maximum absolute atomic E-state index is 13.9. The van der Waals surface area contributed by atoms with Gasteiger partial charge in [-0.05, 0) is 49.3 Å². The number of likely N-dealkylation sites (tertiary alicyclic amines) is 1. The lowest BCUT2D eigenvalue weighted by atomic mass is 9.74. The largest absolute Gasteiger partial charge is 0.418 e. The lowest BCUT2D eigenvalue weighted by Crippen LogP contribution is -2.46. The molecule has 1 N–H and O–H groups in total. The van der Waals surface area contributed by atoms with Gasteiger partial charge in [0.25, 0.3) is 5.91 Å². The van der Waals surface area contributed by atoms with Gasteiger partial charge in [-0.2, -0.15) is 26.3 Å². The third-order valence-corrected chi connectivity index (χ3v) is 8.07. The average Bonchev–Trinajstić information content (AvgIpc) is 3.30. The number of hydrogen-bond acceptors (Lipinski definition) is 6. The molecule has 0 bridgehead atoms. The predicted molar refractivity (Wildman–Crippen MR) is 128 cm³/mol. The third kappa shape index (κ3) is 5.29. The molecule has 2 saturated heterocycles. The van der Waals surface area contributed by atoms with Crippen LogP contribution >= 0.6 is 0 Å². The van der Waals surface area contributed by atoms with Crippen LogP contribution in [-0.4, -0.2) is 77.4 Å². The van der Waals surface area contributed by atoms with Gasteiger partial charge in [-0.3, -0.25) is 14.6 Å². The number of nitrogens with zero attached hydrogens (tertiary/aromatic N) is 4. The summed E-state index contributed by atoms with van der Waals surface area (Å²) in [6.45, 7) is 1.31. The molecular formula is C26H28F6N4O3. The van der Waals surface area contributed by atoms with Crippen molar-refractivity contribution in [3.05, 3.63) is 34.5 Å². The number of amides is 1. The van der Waals surface area contributed by atoms with Crippen molar-refractivity contribution in [3.8, 4) is 0 Å². The van der Waals surface area contributed by atoms with E-state index in [9.17, 15) is 41.0 Å². The van der Waals surface area contributed by atoms with E-state index in [0.29, 0.717) is 32.1 Å². The molecular weight excluding hydrogens is 530 g/mol. The van der Waals surface area contributed by atoms with Crippen molar-refractivity contribution in [3.63, 3.8) is 0 Å². The Bertz CT molecular complexity index is 1210. The van der Waals surface area contributed by atoms with Crippen LogP contribution in [-0.2, 0) is 11.0 Å². The Kier molecular flexibility index (Phi) is 7.23. The van der Waals surface area contributed by atoms with Gasteiger partial charge in [0.1, 0.15) is 17.8 Å². The SMILES string of the molecule is O=C1CC2=C(C(C3CCN(c4cc(C(=O)N5CCCCC5)c(C(F)(F)F)cn4)CC3)=NC2)[C@@H](C(F)(F)F)[C@H]1O. The molecule has 1 aromatic heterocycles. The molecule has 13 heteroatoms. The van der Waals surface area contributed by atoms with Crippen molar-refractivity contribution in [1.82, 2.24) is 9.88 Å². The average molecular weight is 559 g/mol. The summed E-state index contributed by atoms with van der Waals surface area (Å²) in [6.07, 6.45) is -8.28. The van der Waals surface area contributed by atoms with Gasteiger partial charge >= 0.3 is 12.4 Å². The molecule has 0 saturated carbocycles. The molecule has 0 radical (unpaired) electrons. The fourth-order valence-corrected chi connectivity index (χ4v) is 6.08. The van der Waals surface area contributed by atoms with Crippen LogP contribution in [0.1, 0.15) is 54.4 Å². The van der Waals surface area contributed by atoms with E-state index in [2.05, 4.69) is 9.98 Å². The van der Waals surface area contributed by atoms with Gasteiger partial charge in [-0.15, -0.1) is 0 Å². The number of alkyl halides is 6. The van der Waals surface area contributed by atoms with Gasteiger partial charge in [0, 0.05) is 50.4 Å². The predicted octanol–water partition coefficient (Wildman–Crippen LogP) is 4.21. The van der Waals surface area contributed by atoms with Crippen molar-refractivity contribution in [1.29, 1.82) is 0 Å². The minimum atomic E-state index is -4.82. The Morgan fingerprint density at radius 2 is 1.67 bits per heavy atom. The van der Waals surface area contributed by atoms with Crippen LogP contribution in [0.2, 0.25) is 0 Å². The number of piperidine rings is 2. The number of carbonyl (C=O) groups is 2. The molecule has 0 spiro atoms. The lowest BCUT2D eigenvalue weighted by Gasteiger charge is -2.36. The first-order valence-corrected chi connectivity index (χ1v) is 13.0. The highest BCUT2D eigenvalue weighted by atomic mass is 19.4. The number of pyridine rings is 1. The number of aliphatic imine (C=N–C) groups is 1. The second-order valence-electron chi connectivity index (χ2n) is 10.5. The van der Waals surface area contributed by atoms with Gasteiger partial charge in [0.15, 0.2) is 5.78 Å². The van der Waals surface area contributed by atoms with Crippen molar-refractivity contribution in [2.75, 3.05) is 37.6 Å². The Morgan fingerprint density at radius 3 is 2.28 bits per heavy atom. The molecule has 212 valence electrons. The topological polar surface area (TPSA) is 86.1 Å². The molecule has 0 aromatic carbocycles. The van der Waals surface area contributed by atoms with Gasteiger partial charge in [0.2, 0.25) is 0 Å². The maximum Gasteiger partial charge on any atom is 0.418 e. The number of carbonyl (C=O) groups excluding carboxylic acids is 2. The molecule has 7 nitrogen and oxygen atoms in total. The van der Waals surface area contributed by atoms with Crippen molar-refractivity contribution in [2.45, 2.75) is 57.0 Å². The summed E-state index contributed by atoms with van der Waals surface area (Å²) in [5, 5.41) is 10.1. The molecule has 2 fully saturated rings. The maximum atomic E-state index is 13.9. The van der Waals surface area contributed by atoms with E-state index in [1.807, 2.05) is 0 Å². The summed E-state index contributed by atoms with van der Waals surface area (Å²) in [6, 6.07) is 1.16. The standard InChI is InChI=1S/C26H28F6N4O3/c27-25(28,29)17-13-33-19(11-16(17)24(39)36-6-2-1-3-7-36)35-8-4-14(5-9-35)22-20-15(12-34-22)10-18(37)23(38)21(20)26(30,31)32/h11,13-14,21,23,38H,1-10,12H2/t21-,23+/m1/s1. The number of hydrogen-bond donors (Lipinski definition) is 1. The number of aromatic nitrogens is 1. The Morgan fingerprint density at radius 1 is 1.00 bits per heavy atom. The molecule has 4 aliphatic rings. The van der Waals surface area contributed by atoms with Crippen LogP contribution in [0.4, 0.5) is 32.2 Å². The van der Waals surface area contributed by atoms with E-state index >= 15 is 0 Å². The summed E-state index contributed by atoms with van der Waals surface area (Å²) in [4.78, 5) is 36.5. The van der Waals surface area contributed by atoms with Gasteiger partial charge in [0.05, 0.1) is 17.7 Å². The van der Waals surface area contributed by atoms with E-state index in [1.165, 1.54) is 4.90 Å². The zero-order valence-electron chi connectivity index (χ0n) is 21.0. The number of ketones is 1. The van der Waals surface area contributed by atoms with Crippen LogP contribution in [0.25, 0.3) is 0 Å². The first-order chi connectivity index (χ1) is 18.4. The van der Waals surface area contributed by atoms with E-state index < -0.39 is 47.2 Å². The Balaban J connectivity index is 1.35. The van der Waals surface area contributed by atoms with E-state index in [0.717, 1.165) is 25.3 Å². The summed E-state index contributed by atoms with van der Waals surface area (Å²) in [5.74, 6) is -4.05. The van der Waals surface area contributed by atoms with Crippen LogP contribution < -0.4 is 4.90 Å². The molecule has 39 heavy (non-hydrogen) atoms. The zero-order valence-corrected chi connectivity index (χ0v) is 21.0. The highest BCUT2D eigenvalue weighted by molar-refractivity contribution is 6.08. The highest BCUT2D eigenvalue weighted by Gasteiger charge is 2.54. The van der Waals surface area contributed by atoms with E-state index in [-0.39, 0.29) is 54.6 Å². The molecule has 5 rings (SSSR count). The number of aliphatic hydroxyl groups is 1. The molecule has 1 amide bonds. The minimum Gasteiger partial charge on any atom is -0.384 e. The van der Waals surface area contributed by atoms with Crippen molar-refractivity contribution >= 4 is 23.2 Å². The Hall–Kier alpha value is -2.96. The minimum absolute atomic E-state index is 0.0155. The molecule has 1 aliphatic carbocycles. The van der Waals surface area contributed by atoms with Gasteiger partial charge in [-0.25, -0.2) is 4.98 Å².